The Kier molecular flexibility index (Phi) is 5.66. The number of aryl methyl sites for hydroxylation is 1. The molecule has 0 spiro atoms. The molecule has 0 aliphatic carbocycles. The number of nitrogens with one attached hydrogen (secondary N) is 2. The van der Waals surface area contributed by atoms with E-state index in [1.165, 1.54) is 0 Å². The normalized spacial score (nSPS) is 10.4. The van der Waals surface area contributed by atoms with E-state index in [0.717, 1.165) is 22.6 Å². The van der Waals surface area contributed by atoms with E-state index in [1.807, 2.05) is 56.3 Å². The summed E-state index contributed by atoms with van der Waals surface area (Å²) in [5, 5.41) is 7.19. The first-order valence-electron chi connectivity index (χ1n) is 8.37. The second-order valence-electron chi connectivity index (χ2n) is 5.95. The van der Waals surface area contributed by atoms with E-state index in [9.17, 15) is 0 Å². The molecular formula is C20H21ClN4O2. The van der Waals surface area contributed by atoms with Crippen LogP contribution in [-0.4, -0.2) is 24.2 Å². The topological polar surface area (TPSA) is 68.3 Å². The smallest absolute Gasteiger partial charge is 0.229 e. The fourth-order valence-electron chi connectivity index (χ4n) is 2.61. The number of hydrogen-bond donors (Lipinski definition) is 2. The van der Waals surface area contributed by atoms with Gasteiger partial charge in [0.25, 0.3) is 0 Å². The zero-order valence-corrected chi connectivity index (χ0v) is 16.4. The summed E-state index contributed by atoms with van der Waals surface area (Å²) in [6, 6.07) is 13.1. The number of rotatable bonds is 6. The molecule has 3 aromatic rings. The maximum absolute atomic E-state index is 6.19. The van der Waals surface area contributed by atoms with Gasteiger partial charge in [-0.2, -0.15) is 4.98 Å². The maximum Gasteiger partial charge on any atom is 0.229 e. The first-order chi connectivity index (χ1) is 13.0. The molecule has 0 fully saturated rings. The number of benzene rings is 2. The molecule has 27 heavy (non-hydrogen) atoms. The molecule has 3 rings (SSSR count). The van der Waals surface area contributed by atoms with Crippen LogP contribution < -0.4 is 20.1 Å². The highest BCUT2D eigenvalue weighted by Gasteiger charge is 2.09. The molecule has 2 aromatic carbocycles. The van der Waals surface area contributed by atoms with Gasteiger partial charge in [-0.25, -0.2) is 4.98 Å². The first kappa shape index (κ1) is 18.8. The molecule has 0 aliphatic heterocycles. The number of methoxy groups -OCH3 is 2. The quantitative estimate of drug-likeness (QED) is 0.604. The molecule has 0 saturated carbocycles. The highest BCUT2D eigenvalue weighted by molar-refractivity contribution is 6.31. The van der Waals surface area contributed by atoms with Gasteiger partial charge in [-0.3, -0.25) is 0 Å². The molecule has 0 saturated heterocycles. The van der Waals surface area contributed by atoms with E-state index >= 15 is 0 Å². The van der Waals surface area contributed by atoms with E-state index < -0.39 is 0 Å². The summed E-state index contributed by atoms with van der Waals surface area (Å²) in [6.45, 7) is 3.86. The molecule has 2 N–H and O–H groups in total. The van der Waals surface area contributed by atoms with Crippen LogP contribution in [0.15, 0.2) is 42.5 Å². The predicted molar refractivity (Wildman–Crippen MR) is 109 cm³/mol. The lowest BCUT2D eigenvalue weighted by atomic mass is 10.2. The van der Waals surface area contributed by atoms with Crippen molar-refractivity contribution in [2.45, 2.75) is 13.8 Å². The predicted octanol–water partition coefficient (Wildman–Crippen LogP) is 5.25. The molecule has 0 bridgehead atoms. The minimum atomic E-state index is 0.489. The Morgan fingerprint density at radius 2 is 1.67 bits per heavy atom. The third-order valence-electron chi connectivity index (χ3n) is 4.02. The van der Waals surface area contributed by atoms with Crippen LogP contribution >= 0.6 is 11.6 Å². The van der Waals surface area contributed by atoms with E-state index in [2.05, 4.69) is 20.6 Å². The number of halogens is 1. The molecule has 7 heteroatoms. The summed E-state index contributed by atoms with van der Waals surface area (Å²) in [5.74, 6) is 2.46. The van der Waals surface area contributed by atoms with Crippen molar-refractivity contribution in [3.63, 3.8) is 0 Å². The third-order valence-corrected chi connectivity index (χ3v) is 4.43. The number of hydrogen-bond acceptors (Lipinski definition) is 6. The lowest BCUT2D eigenvalue weighted by Crippen LogP contribution is -2.03. The van der Waals surface area contributed by atoms with Crippen molar-refractivity contribution < 1.29 is 9.47 Å². The summed E-state index contributed by atoms with van der Waals surface area (Å²) in [7, 11) is 3.21. The average molecular weight is 385 g/mol. The molecule has 0 atom stereocenters. The van der Waals surface area contributed by atoms with Gasteiger partial charge in [0, 0.05) is 34.2 Å². The Bertz CT molecular complexity index is 963. The highest BCUT2D eigenvalue weighted by Crippen LogP contribution is 2.31. The minimum Gasteiger partial charge on any atom is -0.493 e. The van der Waals surface area contributed by atoms with Crippen LogP contribution in [0.1, 0.15) is 11.3 Å². The summed E-state index contributed by atoms with van der Waals surface area (Å²) in [6.07, 6.45) is 0. The van der Waals surface area contributed by atoms with E-state index in [-0.39, 0.29) is 0 Å². The Labute approximate surface area is 163 Å². The second kappa shape index (κ2) is 8.14. The van der Waals surface area contributed by atoms with Gasteiger partial charge in [-0.15, -0.1) is 0 Å². The van der Waals surface area contributed by atoms with Crippen molar-refractivity contribution >= 4 is 34.7 Å². The first-order valence-corrected chi connectivity index (χ1v) is 8.75. The van der Waals surface area contributed by atoms with Crippen LogP contribution in [0.5, 0.6) is 11.5 Å². The van der Waals surface area contributed by atoms with E-state index in [4.69, 9.17) is 21.1 Å². The van der Waals surface area contributed by atoms with Gasteiger partial charge in [0.15, 0.2) is 11.5 Å². The molecule has 1 aromatic heterocycles. The molecular weight excluding hydrogens is 364 g/mol. The molecule has 0 radical (unpaired) electrons. The highest BCUT2D eigenvalue weighted by atomic mass is 35.5. The zero-order chi connectivity index (χ0) is 19.4. The summed E-state index contributed by atoms with van der Waals surface area (Å²) in [5.41, 5.74) is 3.47. The van der Waals surface area contributed by atoms with Crippen molar-refractivity contribution in [2.75, 3.05) is 24.9 Å². The third kappa shape index (κ3) is 4.41. The summed E-state index contributed by atoms with van der Waals surface area (Å²) >= 11 is 6.19. The molecule has 0 amide bonds. The fraction of sp³-hybridized carbons (Fsp3) is 0.200. The minimum absolute atomic E-state index is 0.489. The van der Waals surface area contributed by atoms with Crippen molar-refractivity contribution in [3.8, 4) is 11.5 Å². The van der Waals surface area contributed by atoms with Crippen LogP contribution in [0.2, 0.25) is 5.02 Å². The average Bonchev–Trinajstić information content (AvgIpc) is 2.65. The lowest BCUT2D eigenvalue weighted by Gasteiger charge is -2.13. The SMILES string of the molecule is COc1ccc(Nc2cc(C)nc(Nc3cccc(Cl)c3C)n2)cc1OC. The van der Waals surface area contributed by atoms with Crippen molar-refractivity contribution in [3.05, 3.63) is 58.7 Å². The second-order valence-corrected chi connectivity index (χ2v) is 6.36. The number of aromatic nitrogens is 2. The number of nitrogens with zero attached hydrogens (tertiary/aromatic N) is 2. The molecule has 140 valence electrons. The van der Waals surface area contributed by atoms with Gasteiger partial charge in [0.05, 0.1) is 14.2 Å². The largest absolute Gasteiger partial charge is 0.493 e. The molecule has 6 nitrogen and oxygen atoms in total. The van der Waals surface area contributed by atoms with Gasteiger partial charge in [0.1, 0.15) is 5.82 Å². The number of anilines is 4. The van der Waals surface area contributed by atoms with Gasteiger partial charge >= 0.3 is 0 Å². The van der Waals surface area contributed by atoms with E-state index in [1.54, 1.807) is 14.2 Å². The van der Waals surface area contributed by atoms with Crippen LogP contribution in [0, 0.1) is 13.8 Å². The van der Waals surface area contributed by atoms with Crippen molar-refractivity contribution in [2.24, 2.45) is 0 Å². The van der Waals surface area contributed by atoms with Gasteiger partial charge in [0.2, 0.25) is 5.95 Å². The van der Waals surface area contributed by atoms with Crippen LogP contribution in [0.4, 0.5) is 23.1 Å². The van der Waals surface area contributed by atoms with E-state index in [0.29, 0.717) is 28.3 Å². The Morgan fingerprint density at radius 1 is 0.889 bits per heavy atom. The van der Waals surface area contributed by atoms with Crippen LogP contribution in [-0.2, 0) is 0 Å². The Morgan fingerprint density at radius 3 is 2.41 bits per heavy atom. The monoisotopic (exact) mass is 384 g/mol. The Hall–Kier alpha value is -2.99. The standard InChI is InChI=1S/C20H21ClN4O2/c1-12-10-19(23-14-8-9-17(26-3)18(11-14)27-4)25-20(22-12)24-16-7-5-6-15(21)13(16)2/h5-11H,1-4H3,(H2,22,23,24,25). The van der Waals surface area contributed by atoms with Gasteiger partial charge in [-0.1, -0.05) is 17.7 Å². The maximum atomic E-state index is 6.19. The molecule has 0 aliphatic rings. The van der Waals surface area contributed by atoms with Gasteiger partial charge < -0.3 is 20.1 Å². The van der Waals surface area contributed by atoms with Crippen molar-refractivity contribution in [1.29, 1.82) is 0 Å². The van der Waals surface area contributed by atoms with Crippen LogP contribution in [0.3, 0.4) is 0 Å². The molecule has 1 heterocycles. The summed E-state index contributed by atoms with van der Waals surface area (Å²) in [4.78, 5) is 9.00. The molecule has 0 unspecified atom stereocenters. The van der Waals surface area contributed by atoms with Gasteiger partial charge in [-0.05, 0) is 43.7 Å². The Balaban J connectivity index is 1.86. The van der Waals surface area contributed by atoms with Crippen LogP contribution in [0.25, 0.3) is 0 Å². The lowest BCUT2D eigenvalue weighted by molar-refractivity contribution is 0.355. The zero-order valence-electron chi connectivity index (χ0n) is 15.6. The fourth-order valence-corrected chi connectivity index (χ4v) is 2.79. The number of ether oxygens (including phenoxy) is 2. The summed E-state index contributed by atoms with van der Waals surface area (Å²) < 4.78 is 10.6. The van der Waals surface area contributed by atoms with Crippen molar-refractivity contribution in [1.82, 2.24) is 9.97 Å².